The van der Waals surface area contributed by atoms with Gasteiger partial charge in [0.05, 0.1) is 13.1 Å². The number of nitrogens with two attached hydrogens (primary N) is 1. The summed E-state index contributed by atoms with van der Waals surface area (Å²) < 4.78 is 8.86. The number of aromatic nitrogens is 5. The zero-order valence-corrected chi connectivity index (χ0v) is 17.2. The van der Waals surface area contributed by atoms with Crippen molar-refractivity contribution in [2.24, 2.45) is 0 Å². The lowest BCUT2D eigenvalue weighted by Crippen LogP contribution is -2.28. The van der Waals surface area contributed by atoms with Crippen molar-refractivity contribution in [3.63, 3.8) is 0 Å². The summed E-state index contributed by atoms with van der Waals surface area (Å²) in [7, 11) is 0. The van der Waals surface area contributed by atoms with Crippen LogP contribution in [0.15, 0.2) is 67.3 Å². The quantitative estimate of drug-likeness (QED) is 0.409. The Bertz CT molecular complexity index is 1170. The van der Waals surface area contributed by atoms with Crippen LogP contribution in [0.5, 0.6) is 5.75 Å². The number of carbonyl (C=O) groups is 1. The van der Waals surface area contributed by atoms with Crippen molar-refractivity contribution in [2.75, 3.05) is 18.9 Å². The van der Waals surface area contributed by atoms with Gasteiger partial charge in [-0.1, -0.05) is 17.7 Å². The van der Waals surface area contributed by atoms with Gasteiger partial charge in [-0.15, -0.1) is 0 Å². The molecule has 0 radical (unpaired) electrons. The predicted octanol–water partition coefficient (Wildman–Crippen LogP) is 2.56. The molecule has 31 heavy (non-hydrogen) atoms. The lowest BCUT2D eigenvalue weighted by atomic mass is 10.2. The minimum Gasteiger partial charge on any atom is -0.492 e. The van der Waals surface area contributed by atoms with Crippen LogP contribution in [0.25, 0.3) is 5.82 Å². The van der Waals surface area contributed by atoms with E-state index in [9.17, 15) is 4.79 Å². The average molecular weight is 438 g/mol. The van der Waals surface area contributed by atoms with Crippen molar-refractivity contribution in [1.29, 1.82) is 0 Å². The third-order valence-electron chi connectivity index (χ3n) is 4.38. The minimum absolute atomic E-state index is 0.162. The van der Waals surface area contributed by atoms with Crippen LogP contribution in [0, 0.1) is 0 Å². The van der Waals surface area contributed by atoms with E-state index in [0.29, 0.717) is 41.8 Å². The highest BCUT2D eigenvalue weighted by molar-refractivity contribution is 6.30. The molecule has 4 aromatic rings. The number of nitrogen functional groups attached to an aromatic ring is 1. The standard InChI is InChI=1S/C21H20ClN7O2/c22-16-3-1-4-17(12-16)31-10-8-25-21(30)18-14-28(27-20(18)23)13-15-5-7-24-19(11-15)29-9-2-6-26-29/h1-7,9,11-12,14H,8,10,13H2,(H2,23,27)(H,25,30). The summed E-state index contributed by atoms with van der Waals surface area (Å²) in [5.41, 5.74) is 7.21. The number of amides is 1. The molecule has 0 spiro atoms. The van der Waals surface area contributed by atoms with Gasteiger partial charge in [-0.3, -0.25) is 9.48 Å². The number of ether oxygens (including phenoxy) is 1. The Morgan fingerprint density at radius 3 is 2.90 bits per heavy atom. The second kappa shape index (κ2) is 9.31. The van der Waals surface area contributed by atoms with Gasteiger partial charge in [0.2, 0.25) is 0 Å². The zero-order valence-electron chi connectivity index (χ0n) is 16.5. The second-order valence-electron chi connectivity index (χ2n) is 6.66. The summed E-state index contributed by atoms with van der Waals surface area (Å²) in [6.07, 6.45) is 6.83. The SMILES string of the molecule is Nc1nn(Cc2ccnc(-n3cccn3)c2)cc1C(=O)NCCOc1cccc(Cl)c1. The molecule has 1 amide bonds. The van der Waals surface area contributed by atoms with Crippen LogP contribution < -0.4 is 15.8 Å². The van der Waals surface area contributed by atoms with Gasteiger partial charge >= 0.3 is 0 Å². The highest BCUT2D eigenvalue weighted by atomic mass is 35.5. The van der Waals surface area contributed by atoms with E-state index in [-0.39, 0.29) is 11.7 Å². The molecule has 158 valence electrons. The van der Waals surface area contributed by atoms with E-state index in [1.54, 1.807) is 52.2 Å². The van der Waals surface area contributed by atoms with Crippen molar-refractivity contribution in [2.45, 2.75) is 6.54 Å². The highest BCUT2D eigenvalue weighted by Crippen LogP contribution is 2.17. The molecule has 10 heteroatoms. The van der Waals surface area contributed by atoms with Gasteiger partial charge in [0.25, 0.3) is 5.91 Å². The van der Waals surface area contributed by atoms with Gasteiger partial charge in [0.15, 0.2) is 11.6 Å². The highest BCUT2D eigenvalue weighted by Gasteiger charge is 2.14. The smallest absolute Gasteiger partial charge is 0.256 e. The van der Waals surface area contributed by atoms with Gasteiger partial charge in [0.1, 0.15) is 17.9 Å². The van der Waals surface area contributed by atoms with E-state index >= 15 is 0 Å². The van der Waals surface area contributed by atoms with Crippen LogP contribution in [-0.4, -0.2) is 43.6 Å². The fourth-order valence-electron chi connectivity index (χ4n) is 2.95. The molecule has 0 aliphatic carbocycles. The maximum Gasteiger partial charge on any atom is 0.256 e. The van der Waals surface area contributed by atoms with Crippen LogP contribution in [0.4, 0.5) is 5.82 Å². The van der Waals surface area contributed by atoms with Crippen LogP contribution in [-0.2, 0) is 6.54 Å². The number of benzene rings is 1. The van der Waals surface area contributed by atoms with Gasteiger partial charge in [-0.25, -0.2) is 9.67 Å². The molecule has 0 atom stereocenters. The maximum atomic E-state index is 12.5. The van der Waals surface area contributed by atoms with Crippen molar-refractivity contribution >= 4 is 23.3 Å². The van der Waals surface area contributed by atoms with Gasteiger partial charge in [0, 0.05) is 29.8 Å². The Kier molecular flexibility index (Phi) is 6.13. The van der Waals surface area contributed by atoms with E-state index in [0.717, 1.165) is 5.56 Å². The normalized spacial score (nSPS) is 10.7. The third-order valence-corrected chi connectivity index (χ3v) is 4.62. The van der Waals surface area contributed by atoms with E-state index in [1.807, 2.05) is 24.4 Å². The monoisotopic (exact) mass is 437 g/mol. The number of anilines is 1. The first-order chi connectivity index (χ1) is 15.1. The molecule has 0 aliphatic rings. The molecule has 0 aliphatic heterocycles. The van der Waals surface area contributed by atoms with Gasteiger partial charge in [-0.2, -0.15) is 10.2 Å². The molecule has 4 rings (SSSR count). The van der Waals surface area contributed by atoms with Crippen molar-refractivity contribution in [3.05, 3.63) is 83.4 Å². The third kappa shape index (κ3) is 5.20. The van der Waals surface area contributed by atoms with Crippen LogP contribution in [0.2, 0.25) is 5.02 Å². The average Bonchev–Trinajstić information content (AvgIpc) is 3.41. The first kappa shape index (κ1) is 20.4. The summed E-state index contributed by atoms with van der Waals surface area (Å²) >= 11 is 5.92. The van der Waals surface area contributed by atoms with Gasteiger partial charge < -0.3 is 15.8 Å². The van der Waals surface area contributed by atoms with E-state index in [2.05, 4.69) is 20.5 Å². The number of nitrogens with zero attached hydrogens (tertiary/aromatic N) is 5. The molecule has 0 saturated heterocycles. The summed E-state index contributed by atoms with van der Waals surface area (Å²) in [5.74, 6) is 1.18. The number of pyridine rings is 1. The van der Waals surface area contributed by atoms with E-state index in [1.165, 1.54) is 0 Å². The number of nitrogens with one attached hydrogen (secondary N) is 1. The molecular weight excluding hydrogens is 418 g/mol. The molecule has 3 aromatic heterocycles. The fraction of sp³-hybridized carbons (Fsp3) is 0.143. The molecule has 3 N–H and O–H groups in total. The molecule has 0 saturated carbocycles. The second-order valence-corrected chi connectivity index (χ2v) is 7.10. The van der Waals surface area contributed by atoms with Gasteiger partial charge in [-0.05, 0) is 42.0 Å². The van der Waals surface area contributed by atoms with Crippen LogP contribution in [0.1, 0.15) is 15.9 Å². The summed E-state index contributed by atoms with van der Waals surface area (Å²) in [6, 6.07) is 12.7. The maximum absolute atomic E-state index is 12.5. The first-order valence-electron chi connectivity index (χ1n) is 9.53. The summed E-state index contributed by atoms with van der Waals surface area (Å²) in [4.78, 5) is 16.8. The number of rotatable bonds is 8. The zero-order chi connectivity index (χ0) is 21.6. The molecule has 3 heterocycles. The number of hydrogen-bond donors (Lipinski definition) is 2. The number of halogens is 1. The predicted molar refractivity (Wildman–Crippen MR) is 116 cm³/mol. The van der Waals surface area contributed by atoms with E-state index in [4.69, 9.17) is 22.1 Å². The Hall–Kier alpha value is -3.85. The number of carbonyl (C=O) groups excluding carboxylic acids is 1. The fourth-order valence-corrected chi connectivity index (χ4v) is 3.13. The van der Waals surface area contributed by atoms with Crippen molar-refractivity contribution < 1.29 is 9.53 Å². The molecule has 0 unspecified atom stereocenters. The molecule has 1 aromatic carbocycles. The Morgan fingerprint density at radius 2 is 2.10 bits per heavy atom. The lowest BCUT2D eigenvalue weighted by molar-refractivity contribution is 0.0947. The molecule has 0 fully saturated rings. The number of hydrogen-bond acceptors (Lipinski definition) is 6. The van der Waals surface area contributed by atoms with Crippen molar-refractivity contribution in [1.82, 2.24) is 29.9 Å². The first-order valence-corrected chi connectivity index (χ1v) is 9.91. The lowest BCUT2D eigenvalue weighted by Gasteiger charge is -2.07. The summed E-state index contributed by atoms with van der Waals surface area (Å²) in [6.45, 7) is 1.05. The molecule has 9 nitrogen and oxygen atoms in total. The minimum atomic E-state index is -0.314. The summed E-state index contributed by atoms with van der Waals surface area (Å²) in [5, 5.41) is 11.8. The topological polar surface area (TPSA) is 113 Å². The van der Waals surface area contributed by atoms with Crippen molar-refractivity contribution in [3.8, 4) is 11.6 Å². The Labute approximate surface area is 183 Å². The Morgan fingerprint density at radius 1 is 1.19 bits per heavy atom. The molecular formula is C21H20ClN7O2. The Balaban J connectivity index is 1.34. The van der Waals surface area contributed by atoms with Crippen LogP contribution in [0.3, 0.4) is 0 Å². The van der Waals surface area contributed by atoms with Crippen LogP contribution >= 0.6 is 11.6 Å². The van der Waals surface area contributed by atoms with E-state index < -0.39 is 0 Å². The largest absolute Gasteiger partial charge is 0.492 e. The molecule has 0 bridgehead atoms.